The van der Waals surface area contributed by atoms with Crippen molar-refractivity contribution in [2.24, 2.45) is 0 Å². The first-order valence-corrected chi connectivity index (χ1v) is 5.88. The minimum Gasteiger partial charge on any atom is -0.462 e. The third-order valence-electron chi connectivity index (χ3n) is 2.97. The van der Waals surface area contributed by atoms with Gasteiger partial charge >= 0.3 is 5.97 Å². The molecule has 1 aromatic rings. The second-order valence-corrected chi connectivity index (χ2v) is 4.20. The molecule has 1 atom stereocenters. The Labute approximate surface area is 104 Å². The van der Waals surface area contributed by atoms with Crippen LogP contribution in [0.25, 0.3) is 0 Å². The maximum absolute atomic E-state index is 12.2. The highest BCUT2D eigenvalue weighted by atomic mass is 16.5. The summed E-state index contributed by atoms with van der Waals surface area (Å²) >= 11 is 0. The zero-order chi connectivity index (χ0) is 13.3. The Morgan fingerprint density at radius 3 is 2.94 bits per heavy atom. The molecule has 0 aliphatic carbocycles. The second kappa shape index (κ2) is 4.72. The molecule has 2 heterocycles. The summed E-state index contributed by atoms with van der Waals surface area (Å²) in [6, 6.07) is -0.132. The Morgan fingerprint density at radius 1 is 1.56 bits per heavy atom. The molecule has 1 aliphatic rings. The monoisotopic (exact) mass is 250 g/mol. The van der Waals surface area contributed by atoms with E-state index >= 15 is 0 Å². The summed E-state index contributed by atoms with van der Waals surface area (Å²) in [6.45, 7) is 3.68. The van der Waals surface area contributed by atoms with Crippen LogP contribution in [0.15, 0.2) is 11.0 Å². The van der Waals surface area contributed by atoms with Crippen molar-refractivity contribution in [1.82, 2.24) is 9.55 Å². The number of ether oxygens (including phenoxy) is 1. The highest BCUT2D eigenvalue weighted by Crippen LogP contribution is 2.20. The van der Waals surface area contributed by atoms with Gasteiger partial charge in [-0.1, -0.05) is 0 Å². The van der Waals surface area contributed by atoms with Crippen LogP contribution in [0.2, 0.25) is 0 Å². The van der Waals surface area contributed by atoms with Gasteiger partial charge < -0.3 is 4.74 Å². The molecular formula is C12H14N2O4. The molecule has 2 rings (SSSR count). The fraction of sp³-hybridized carbons (Fsp3) is 0.500. The lowest BCUT2D eigenvalue weighted by molar-refractivity contribution is 0.0521. The van der Waals surface area contributed by atoms with Gasteiger partial charge in [-0.2, -0.15) is 0 Å². The molecule has 0 aromatic carbocycles. The lowest BCUT2D eigenvalue weighted by atomic mass is 10.0. The Bertz CT molecular complexity index is 562. The quantitative estimate of drug-likeness (QED) is 0.730. The first kappa shape index (κ1) is 12.5. The lowest BCUT2D eigenvalue weighted by Gasteiger charge is -2.23. The summed E-state index contributed by atoms with van der Waals surface area (Å²) in [5.41, 5.74) is -0.624. The van der Waals surface area contributed by atoms with Crippen molar-refractivity contribution in [1.29, 1.82) is 0 Å². The SMILES string of the molecule is CCOC(=O)c1cnc2n(c1=O)C(C)CCC2=O. The molecule has 0 amide bonds. The number of aromatic nitrogens is 2. The van der Waals surface area contributed by atoms with Crippen molar-refractivity contribution in [3.8, 4) is 0 Å². The van der Waals surface area contributed by atoms with Crippen LogP contribution in [-0.4, -0.2) is 27.9 Å². The summed E-state index contributed by atoms with van der Waals surface area (Å²) in [7, 11) is 0. The third-order valence-corrected chi connectivity index (χ3v) is 2.97. The molecule has 1 aromatic heterocycles. The molecule has 18 heavy (non-hydrogen) atoms. The van der Waals surface area contributed by atoms with Crippen molar-refractivity contribution in [3.05, 3.63) is 27.9 Å². The number of carbonyl (C=O) groups is 2. The number of hydrogen-bond donors (Lipinski definition) is 0. The van der Waals surface area contributed by atoms with Crippen molar-refractivity contribution < 1.29 is 14.3 Å². The van der Waals surface area contributed by atoms with Crippen LogP contribution in [0.1, 0.15) is 53.7 Å². The zero-order valence-electron chi connectivity index (χ0n) is 10.3. The van der Waals surface area contributed by atoms with Gasteiger partial charge in [-0.05, 0) is 20.3 Å². The molecule has 1 unspecified atom stereocenters. The van der Waals surface area contributed by atoms with Crippen LogP contribution in [0.5, 0.6) is 0 Å². The molecule has 96 valence electrons. The highest BCUT2D eigenvalue weighted by Gasteiger charge is 2.27. The predicted molar refractivity (Wildman–Crippen MR) is 62.7 cm³/mol. The Morgan fingerprint density at radius 2 is 2.28 bits per heavy atom. The Kier molecular flexibility index (Phi) is 3.27. The number of esters is 1. The fourth-order valence-electron chi connectivity index (χ4n) is 2.01. The van der Waals surface area contributed by atoms with Crippen molar-refractivity contribution in [2.75, 3.05) is 6.61 Å². The normalized spacial score (nSPS) is 18.3. The van der Waals surface area contributed by atoms with E-state index in [1.54, 1.807) is 6.92 Å². The molecule has 0 saturated heterocycles. The maximum Gasteiger partial charge on any atom is 0.345 e. The van der Waals surface area contributed by atoms with Gasteiger partial charge in [0.2, 0.25) is 0 Å². The zero-order valence-corrected chi connectivity index (χ0v) is 10.3. The smallest absolute Gasteiger partial charge is 0.345 e. The predicted octanol–water partition coefficient (Wildman–Crippen LogP) is 0.958. The van der Waals surface area contributed by atoms with Crippen LogP contribution in [0.3, 0.4) is 0 Å². The standard InChI is InChI=1S/C12H14N2O4/c1-3-18-12(17)8-6-13-10-9(15)5-4-7(2)14(10)11(8)16/h6-7H,3-5H2,1-2H3. The molecular weight excluding hydrogens is 236 g/mol. The van der Waals surface area contributed by atoms with Crippen molar-refractivity contribution >= 4 is 11.8 Å². The summed E-state index contributed by atoms with van der Waals surface area (Å²) in [4.78, 5) is 39.3. The average Bonchev–Trinajstić information content (AvgIpc) is 2.34. The van der Waals surface area contributed by atoms with Gasteiger partial charge in [-0.15, -0.1) is 0 Å². The topological polar surface area (TPSA) is 78.3 Å². The summed E-state index contributed by atoms with van der Waals surface area (Å²) < 4.78 is 6.07. The van der Waals surface area contributed by atoms with E-state index in [9.17, 15) is 14.4 Å². The molecule has 0 N–H and O–H groups in total. The van der Waals surface area contributed by atoms with E-state index in [-0.39, 0.29) is 29.8 Å². The van der Waals surface area contributed by atoms with Gasteiger partial charge in [0.15, 0.2) is 11.6 Å². The molecule has 0 bridgehead atoms. The van der Waals surface area contributed by atoms with E-state index in [0.717, 1.165) is 6.20 Å². The van der Waals surface area contributed by atoms with Crippen molar-refractivity contribution in [3.63, 3.8) is 0 Å². The lowest BCUT2D eigenvalue weighted by Crippen LogP contribution is -2.37. The first-order chi connectivity index (χ1) is 8.56. The maximum atomic E-state index is 12.2. The number of nitrogens with zero attached hydrogens (tertiary/aromatic N) is 2. The van der Waals surface area contributed by atoms with Gasteiger partial charge in [0.1, 0.15) is 5.56 Å². The molecule has 0 saturated carbocycles. The first-order valence-electron chi connectivity index (χ1n) is 5.88. The van der Waals surface area contributed by atoms with Crippen LogP contribution < -0.4 is 5.56 Å². The summed E-state index contributed by atoms with van der Waals surface area (Å²) in [6.07, 6.45) is 2.09. The van der Waals surface area contributed by atoms with Gasteiger partial charge in [0.05, 0.1) is 6.61 Å². The highest BCUT2D eigenvalue weighted by molar-refractivity contribution is 5.94. The van der Waals surface area contributed by atoms with Gasteiger partial charge in [-0.3, -0.25) is 14.2 Å². The average molecular weight is 250 g/mol. The largest absolute Gasteiger partial charge is 0.462 e. The van der Waals surface area contributed by atoms with E-state index in [1.807, 2.05) is 6.92 Å². The number of carbonyl (C=O) groups excluding carboxylic acids is 2. The number of Topliss-reactive ketones (excluding diaryl/α,β-unsaturated/α-hetero) is 1. The van der Waals surface area contributed by atoms with Gasteiger partial charge in [-0.25, -0.2) is 9.78 Å². The van der Waals surface area contributed by atoms with Crippen molar-refractivity contribution in [2.45, 2.75) is 32.7 Å². The summed E-state index contributed by atoms with van der Waals surface area (Å²) in [5, 5.41) is 0. The Hall–Kier alpha value is -1.98. The molecule has 0 spiro atoms. The molecule has 6 nitrogen and oxygen atoms in total. The number of fused-ring (bicyclic) bond motifs is 1. The third kappa shape index (κ3) is 1.94. The van der Waals surface area contributed by atoms with Crippen LogP contribution in [-0.2, 0) is 4.74 Å². The van der Waals surface area contributed by atoms with E-state index in [4.69, 9.17) is 4.74 Å². The van der Waals surface area contributed by atoms with Crippen LogP contribution in [0, 0.1) is 0 Å². The van der Waals surface area contributed by atoms with E-state index in [0.29, 0.717) is 12.8 Å². The minimum atomic E-state index is -0.699. The number of hydrogen-bond acceptors (Lipinski definition) is 5. The fourth-order valence-corrected chi connectivity index (χ4v) is 2.01. The Balaban J connectivity index is 2.56. The summed E-state index contributed by atoms with van der Waals surface area (Å²) in [5.74, 6) is -0.733. The number of rotatable bonds is 2. The second-order valence-electron chi connectivity index (χ2n) is 4.20. The van der Waals surface area contributed by atoms with E-state index in [1.165, 1.54) is 4.57 Å². The molecule has 0 radical (unpaired) electrons. The molecule has 0 fully saturated rings. The van der Waals surface area contributed by atoms with Crippen LogP contribution >= 0.6 is 0 Å². The van der Waals surface area contributed by atoms with E-state index in [2.05, 4.69) is 4.98 Å². The van der Waals surface area contributed by atoms with Gasteiger partial charge in [0.25, 0.3) is 5.56 Å². The van der Waals surface area contributed by atoms with E-state index < -0.39 is 11.5 Å². The molecule has 1 aliphatic heterocycles. The number of ketones is 1. The molecule has 6 heteroatoms. The minimum absolute atomic E-state index is 0.123. The van der Waals surface area contributed by atoms with Crippen LogP contribution in [0.4, 0.5) is 0 Å². The van der Waals surface area contributed by atoms with Gasteiger partial charge in [0, 0.05) is 18.7 Å².